The van der Waals surface area contributed by atoms with Crippen molar-refractivity contribution < 1.29 is 0 Å². The van der Waals surface area contributed by atoms with E-state index in [9.17, 15) is 0 Å². The normalized spacial score (nSPS) is 13.2. The zero-order valence-corrected chi connectivity index (χ0v) is 11.3. The Hall–Kier alpha value is -0.340. The molecule has 1 aromatic rings. The number of benzene rings is 1. The number of rotatable bonds is 4. The van der Waals surface area contributed by atoms with Gasteiger partial charge < -0.3 is 5.73 Å². The van der Waals surface area contributed by atoms with Gasteiger partial charge in [-0.2, -0.15) is 0 Å². The van der Waals surface area contributed by atoms with Crippen LogP contribution in [0.2, 0.25) is 0 Å². The summed E-state index contributed by atoms with van der Waals surface area (Å²) in [6.45, 7) is 6.59. The van der Waals surface area contributed by atoms with Gasteiger partial charge in [0.05, 0.1) is 0 Å². The maximum atomic E-state index is 6.18. The minimum absolute atomic E-state index is 0.181. The molecular weight excluding hydrogens is 250 g/mol. The number of hydrogen-bond acceptors (Lipinski definition) is 1. The smallest absolute Gasteiger partial charge is 0.0297 e. The molecule has 2 N–H and O–H groups in total. The Labute approximate surface area is 101 Å². The predicted molar refractivity (Wildman–Crippen MR) is 69.9 cm³/mol. The minimum atomic E-state index is 0.181. The molecule has 2 heteroatoms. The van der Waals surface area contributed by atoms with Crippen molar-refractivity contribution in [2.24, 2.45) is 11.7 Å². The van der Waals surface area contributed by atoms with E-state index in [-0.39, 0.29) is 6.04 Å². The third kappa shape index (κ3) is 3.96. The lowest BCUT2D eigenvalue weighted by atomic mass is 9.95. The van der Waals surface area contributed by atoms with Crippen molar-refractivity contribution in [2.45, 2.75) is 39.7 Å². The van der Waals surface area contributed by atoms with E-state index < -0.39 is 0 Å². The molecule has 1 nitrogen and oxygen atoms in total. The lowest BCUT2D eigenvalue weighted by Crippen LogP contribution is -2.12. The lowest BCUT2D eigenvalue weighted by molar-refractivity contribution is 0.506. The molecule has 84 valence electrons. The molecule has 0 saturated carbocycles. The average molecular weight is 270 g/mol. The largest absolute Gasteiger partial charge is 0.324 e. The molecule has 0 radical (unpaired) electrons. The van der Waals surface area contributed by atoms with Crippen molar-refractivity contribution >= 4 is 15.9 Å². The first kappa shape index (κ1) is 12.7. The van der Waals surface area contributed by atoms with E-state index in [2.05, 4.69) is 54.9 Å². The highest BCUT2D eigenvalue weighted by Gasteiger charge is 2.09. The van der Waals surface area contributed by atoms with Gasteiger partial charge >= 0.3 is 0 Å². The van der Waals surface area contributed by atoms with Crippen LogP contribution >= 0.6 is 15.9 Å². The fourth-order valence-electron chi connectivity index (χ4n) is 1.72. The van der Waals surface area contributed by atoms with Crippen LogP contribution in [0.1, 0.15) is 43.9 Å². The summed E-state index contributed by atoms with van der Waals surface area (Å²) in [5.74, 6) is 0.729. The van der Waals surface area contributed by atoms with E-state index in [0.717, 1.165) is 16.8 Å². The first-order valence-corrected chi connectivity index (χ1v) is 6.31. The van der Waals surface area contributed by atoms with Gasteiger partial charge in [-0.05, 0) is 48.9 Å². The quantitative estimate of drug-likeness (QED) is 0.872. The zero-order chi connectivity index (χ0) is 11.4. The number of halogens is 1. The molecule has 0 heterocycles. The molecular formula is C13H20BrN. The Morgan fingerprint density at radius 1 is 1.27 bits per heavy atom. The van der Waals surface area contributed by atoms with E-state index in [1.807, 2.05) is 0 Å². The van der Waals surface area contributed by atoms with Crippen LogP contribution in [-0.4, -0.2) is 0 Å². The van der Waals surface area contributed by atoms with Crippen LogP contribution < -0.4 is 5.73 Å². The van der Waals surface area contributed by atoms with Crippen molar-refractivity contribution in [3.63, 3.8) is 0 Å². The third-order valence-electron chi connectivity index (χ3n) is 2.69. The Bertz CT molecular complexity index is 320. The summed E-state index contributed by atoms with van der Waals surface area (Å²) >= 11 is 3.47. The Kier molecular flexibility index (Phi) is 4.81. The second kappa shape index (κ2) is 5.66. The van der Waals surface area contributed by atoms with Gasteiger partial charge in [0.2, 0.25) is 0 Å². The summed E-state index contributed by atoms with van der Waals surface area (Å²) < 4.78 is 1.12. The average Bonchev–Trinajstić information content (AvgIpc) is 2.14. The van der Waals surface area contributed by atoms with Gasteiger partial charge in [0.15, 0.2) is 0 Å². The summed E-state index contributed by atoms with van der Waals surface area (Å²) in [5.41, 5.74) is 8.73. The molecule has 0 aliphatic carbocycles. The zero-order valence-electron chi connectivity index (χ0n) is 9.76. The fourth-order valence-corrected chi connectivity index (χ4v) is 2.20. The molecule has 1 rings (SSSR count). The highest BCUT2D eigenvalue weighted by atomic mass is 79.9. The highest BCUT2D eigenvalue weighted by molar-refractivity contribution is 9.10. The summed E-state index contributed by atoms with van der Waals surface area (Å²) in [7, 11) is 0. The maximum absolute atomic E-state index is 6.18. The Morgan fingerprint density at radius 2 is 1.93 bits per heavy atom. The van der Waals surface area contributed by atoms with Gasteiger partial charge in [-0.1, -0.05) is 35.8 Å². The Morgan fingerprint density at radius 3 is 2.47 bits per heavy atom. The summed E-state index contributed by atoms with van der Waals surface area (Å²) in [6.07, 6.45) is 2.26. The monoisotopic (exact) mass is 269 g/mol. The van der Waals surface area contributed by atoms with Gasteiger partial charge in [0, 0.05) is 10.5 Å². The molecule has 0 aromatic heterocycles. The summed E-state index contributed by atoms with van der Waals surface area (Å²) in [5, 5.41) is 0. The van der Waals surface area contributed by atoms with Crippen LogP contribution in [0.5, 0.6) is 0 Å². The number of aryl methyl sites for hydroxylation is 1. The van der Waals surface area contributed by atoms with Crippen molar-refractivity contribution in [3.05, 3.63) is 33.8 Å². The summed E-state index contributed by atoms with van der Waals surface area (Å²) in [4.78, 5) is 0. The van der Waals surface area contributed by atoms with Crippen molar-refractivity contribution in [1.29, 1.82) is 0 Å². The summed E-state index contributed by atoms with van der Waals surface area (Å²) in [6, 6.07) is 6.51. The lowest BCUT2D eigenvalue weighted by Gasteiger charge is -2.16. The van der Waals surface area contributed by atoms with Crippen LogP contribution in [0.4, 0.5) is 0 Å². The van der Waals surface area contributed by atoms with E-state index >= 15 is 0 Å². The van der Waals surface area contributed by atoms with Crippen LogP contribution in [0, 0.1) is 12.8 Å². The fraction of sp³-hybridized carbons (Fsp3) is 0.538. The Balaban J connectivity index is 2.69. The molecule has 1 aromatic carbocycles. The van der Waals surface area contributed by atoms with Crippen LogP contribution in [0.3, 0.4) is 0 Å². The van der Waals surface area contributed by atoms with Gasteiger partial charge in [-0.25, -0.2) is 0 Å². The van der Waals surface area contributed by atoms with E-state index in [1.165, 1.54) is 17.5 Å². The van der Waals surface area contributed by atoms with Gasteiger partial charge in [-0.3, -0.25) is 0 Å². The molecule has 1 unspecified atom stereocenters. The van der Waals surface area contributed by atoms with Crippen molar-refractivity contribution in [1.82, 2.24) is 0 Å². The maximum Gasteiger partial charge on any atom is 0.0297 e. The molecule has 0 aliphatic heterocycles. The number of hydrogen-bond donors (Lipinski definition) is 1. The van der Waals surface area contributed by atoms with Crippen LogP contribution in [0.25, 0.3) is 0 Å². The second-order valence-corrected chi connectivity index (χ2v) is 5.49. The second-order valence-electron chi connectivity index (χ2n) is 4.58. The van der Waals surface area contributed by atoms with Gasteiger partial charge in [0.1, 0.15) is 0 Å². The SMILES string of the molecule is Cc1cc(Br)ccc1C(N)CCC(C)C. The molecule has 0 saturated heterocycles. The minimum Gasteiger partial charge on any atom is -0.324 e. The third-order valence-corrected chi connectivity index (χ3v) is 3.18. The molecule has 0 aliphatic rings. The molecule has 0 amide bonds. The first-order valence-electron chi connectivity index (χ1n) is 5.52. The standard InChI is InChI=1S/C13H20BrN/c1-9(2)4-7-13(15)12-6-5-11(14)8-10(12)3/h5-6,8-9,13H,4,7,15H2,1-3H3. The molecule has 1 atom stereocenters. The van der Waals surface area contributed by atoms with Gasteiger partial charge in [-0.15, -0.1) is 0 Å². The predicted octanol–water partition coefficient (Wildman–Crippen LogP) is 4.19. The van der Waals surface area contributed by atoms with Crippen LogP contribution in [-0.2, 0) is 0 Å². The first-order chi connectivity index (χ1) is 7.00. The van der Waals surface area contributed by atoms with E-state index in [1.54, 1.807) is 0 Å². The van der Waals surface area contributed by atoms with Crippen molar-refractivity contribution in [3.8, 4) is 0 Å². The van der Waals surface area contributed by atoms with Crippen molar-refractivity contribution in [2.75, 3.05) is 0 Å². The number of nitrogens with two attached hydrogens (primary N) is 1. The highest BCUT2D eigenvalue weighted by Crippen LogP contribution is 2.24. The van der Waals surface area contributed by atoms with E-state index in [0.29, 0.717) is 0 Å². The molecule has 0 spiro atoms. The van der Waals surface area contributed by atoms with Gasteiger partial charge in [0.25, 0.3) is 0 Å². The van der Waals surface area contributed by atoms with E-state index in [4.69, 9.17) is 5.73 Å². The van der Waals surface area contributed by atoms with Crippen LogP contribution in [0.15, 0.2) is 22.7 Å². The molecule has 15 heavy (non-hydrogen) atoms. The topological polar surface area (TPSA) is 26.0 Å². The molecule has 0 bridgehead atoms. The molecule has 0 fully saturated rings.